The van der Waals surface area contributed by atoms with E-state index < -0.39 is 47.2 Å². The van der Waals surface area contributed by atoms with Gasteiger partial charge in [-0.05, 0) is 87.5 Å². The summed E-state index contributed by atoms with van der Waals surface area (Å²) in [6.07, 6.45) is 1.61. The molecule has 1 rings (SSSR count). The summed E-state index contributed by atoms with van der Waals surface area (Å²) in [6, 6.07) is -1.21. The molecule has 15 nitrogen and oxygen atoms in total. The van der Waals surface area contributed by atoms with Crippen molar-refractivity contribution in [2.45, 2.75) is 142 Å². The van der Waals surface area contributed by atoms with E-state index in [1.807, 2.05) is 55.4 Å². The van der Waals surface area contributed by atoms with Crippen LogP contribution in [0.3, 0.4) is 0 Å². The van der Waals surface area contributed by atoms with E-state index in [9.17, 15) is 24.0 Å². The van der Waals surface area contributed by atoms with Crippen LogP contribution in [-0.2, 0) is 47.6 Å². The second kappa shape index (κ2) is 20.6. The number of imide groups is 1. The van der Waals surface area contributed by atoms with E-state index >= 15 is 0 Å². The number of unbranched alkanes of at least 4 members (excludes halogenated alkanes) is 1. The van der Waals surface area contributed by atoms with Gasteiger partial charge in [-0.3, -0.25) is 9.59 Å². The van der Waals surface area contributed by atoms with Crippen molar-refractivity contribution in [2.24, 2.45) is 0 Å². The molecule has 49 heavy (non-hydrogen) atoms. The molecule has 0 saturated carbocycles. The van der Waals surface area contributed by atoms with E-state index in [0.717, 1.165) is 6.42 Å². The van der Waals surface area contributed by atoms with Crippen LogP contribution in [0, 0.1) is 0 Å². The smallest absolute Gasteiger partial charge is 0.407 e. The average molecular weight is 704 g/mol. The predicted molar refractivity (Wildman–Crippen MR) is 179 cm³/mol. The summed E-state index contributed by atoms with van der Waals surface area (Å²) in [4.78, 5) is 66.7. The normalized spacial score (nSPS) is 14.9. The van der Waals surface area contributed by atoms with Crippen molar-refractivity contribution in [3.8, 4) is 0 Å². The fourth-order valence-corrected chi connectivity index (χ4v) is 4.23. The summed E-state index contributed by atoms with van der Waals surface area (Å²) in [6.45, 7) is 16.9. The predicted octanol–water partition coefficient (Wildman–Crippen LogP) is 4.59. The minimum Gasteiger partial charge on any atom is -0.449 e. The largest absolute Gasteiger partial charge is 0.449 e. The third kappa shape index (κ3) is 19.1. The van der Waals surface area contributed by atoms with Crippen molar-refractivity contribution >= 4 is 30.0 Å². The first-order valence-corrected chi connectivity index (χ1v) is 17.0. The molecular formula is C34H61N3O12. The Labute approximate surface area is 291 Å². The number of rotatable bonds is 24. The third-order valence-corrected chi connectivity index (χ3v) is 8.33. The van der Waals surface area contributed by atoms with Crippen LogP contribution in [0.1, 0.15) is 113 Å². The highest BCUT2D eigenvalue weighted by atomic mass is 16.7. The number of carbonyl (C=O) groups is 5. The third-order valence-electron chi connectivity index (χ3n) is 8.33. The molecule has 0 aromatic rings. The Morgan fingerprint density at radius 2 is 1.12 bits per heavy atom. The standard InChI is InChI=1S/C34H61N3O12/c1-31(2,43-9)18-23-47-33(5,6)16-21-45-29(41)35-20-12-11-13-25(28(40)49-37-26(38)14-15-27(37)39)36-30(42)46-22-17-34(7,8)48-24-19-32(3,4)44-10/h25H,11-24H2,1-10H3,(H,35,41)(H,36,42). The van der Waals surface area contributed by atoms with E-state index in [4.69, 9.17) is 33.3 Å². The number of alkyl carbamates (subject to hydrolysis) is 2. The van der Waals surface area contributed by atoms with Crippen LogP contribution in [0.25, 0.3) is 0 Å². The Bertz CT molecular complexity index is 1060. The Kier molecular flexibility index (Phi) is 18.5. The van der Waals surface area contributed by atoms with Gasteiger partial charge in [0, 0.05) is 46.4 Å². The summed E-state index contributed by atoms with van der Waals surface area (Å²) in [5, 5.41) is 5.56. The van der Waals surface area contributed by atoms with E-state index in [-0.39, 0.29) is 50.2 Å². The molecule has 15 heteroatoms. The van der Waals surface area contributed by atoms with Gasteiger partial charge in [0.25, 0.3) is 11.8 Å². The maximum absolute atomic E-state index is 12.9. The van der Waals surface area contributed by atoms with Crippen LogP contribution in [0.15, 0.2) is 0 Å². The first-order chi connectivity index (χ1) is 22.7. The number of ether oxygens (including phenoxy) is 6. The molecule has 0 spiro atoms. The maximum atomic E-state index is 12.9. The first-order valence-electron chi connectivity index (χ1n) is 17.0. The van der Waals surface area contributed by atoms with Gasteiger partial charge in [0.15, 0.2) is 0 Å². The highest BCUT2D eigenvalue weighted by Gasteiger charge is 2.35. The zero-order chi connectivity index (χ0) is 37.3. The van der Waals surface area contributed by atoms with Crippen LogP contribution in [-0.4, -0.2) is 111 Å². The van der Waals surface area contributed by atoms with Crippen LogP contribution in [0.2, 0.25) is 0 Å². The van der Waals surface area contributed by atoms with Crippen LogP contribution in [0.4, 0.5) is 9.59 Å². The van der Waals surface area contributed by atoms with Crippen molar-refractivity contribution in [1.29, 1.82) is 0 Å². The highest BCUT2D eigenvalue weighted by Crippen LogP contribution is 2.20. The van der Waals surface area contributed by atoms with Crippen molar-refractivity contribution in [3.05, 3.63) is 0 Å². The first kappa shape index (κ1) is 44.0. The number of hydrogen-bond acceptors (Lipinski definition) is 12. The van der Waals surface area contributed by atoms with Gasteiger partial charge in [0.2, 0.25) is 0 Å². The monoisotopic (exact) mass is 703 g/mol. The summed E-state index contributed by atoms with van der Waals surface area (Å²) in [7, 11) is 3.30. The Morgan fingerprint density at radius 1 is 0.673 bits per heavy atom. The topological polar surface area (TPSA) is 177 Å². The minimum absolute atomic E-state index is 0.0126. The number of carbonyl (C=O) groups excluding carboxylic acids is 5. The lowest BCUT2D eigenvalue weighted by molar-refractivity contribution is -0.199. The fraction of sp³-hybridized carbons (Fsp3) is 0.853. The lowest BCUT2D eigenvalue weighted by Crippen LogP contribution is -2.45. The quantitative estimate of drug-likeness (QED) is 0.106. The second-order valence-corrected chi connectivity index (χ2v) is 14.5. The molecule has 1 aliphatic rings. The lowest BCUT2D eigenvalue weighted by Gasteiger charge is -2.28. The molecule has 1 unspecified atom stereocenters. The number of nitrogens with zero attached hydrogens (tertiary/aromatic N) is 1. The number of amides is 4. The Balaban J connectivity index is 2.53. The maximum Gasteiger partial charge on any atom is 0.407 e. The summed E-state index contributed by atoms with van der Waals surface area (Å²) >= 11 is 0. The molecule has 284 valence electrons. The molecule has 0 aliphatic carbocycles. The summed E-state index contributed by atoms with van der Waals surface area (Å²) < 4.78 is 33.3. The Hall–Kier alpha value is -3.01. The zero-order valence-corrected chi connectivity index (χ0v) is 31.3. The molecule has 2 N–H and O–H groups in total. The molecule has 0 aromatic carbocycles. The van der Waals surface area contributed by atoms with Crippen molar-refractivity contribution in [1.82, 2.24) is 15.7 Å². The molecule has 0 aromatic heterocycles. The van der Waals surface area contributed by atoms with Crippen LogP contribution < -0.4 is 10.6 Å². The van der Waals surface area contributed by atoms with Crippen molar-refractivity contribution in [3.63, 3.8) is 0 Å². The summed E-state index contributed by atoms with van der Waals surface area (Å²) in [5.41, 5.74) is -1.68. The number of hydroxylamine groups is 2. The molecule has 1 heterocycles. The Morgan fingerprint density at radius 3 is 1.59 bits per heavy atom. The SMILES string of the molecule is COC(C)(C)CCOC(C)(C)CCOC(=O)NCCCCC(NC(=O)OCCC(C)(C)OCCC(C)(C)OC)C(=O)ON1C(=O)CCC1=O. The van der Waals surface area contributed by atoms with Crippen LogP contribution >= 0.6 is 0 Å². The van der Waals surface area contributed by atoms with Gasteiger partial charge in [-0.25, -0.2) is 14.4 Å². The lowest BCUT2D eigenvalue weighted by atomic mass is 10.0. The minimum atomic E-state index is -1.21. The van der Waals surface area contributed by atoms with E-state index in [1.54, 1.807) is 14.2 Å². The van der Waals surface area contributed by atoms with Crippen molar-refractivity contribution < 1.29 is 57.2 Å². The number of hydrogen-bond donors (Lipinski definition) is 2. The number of nitrogens with one attached hydrogen (secondary N) is 2. The van der Waals surface area contributed by atoms with E-state index in [1.165, 1.54) is 0 Å². The van der Waals surface area contributed by atoms with Gasteiger partial charge in [-0.1, -0.05) is 0 Å². The molecule has 1 fully saturated rings. The van der Waals surface area contributed by atoms with Gasteiger partial charge in [-0.2, -0.15) is 0 Å². The molecule has 4 amide bonds. The highest BCUT2D eigenvalue weighted by molar-refractivity contribution is 6.01. The fourth-order valence-electron chi connectivity index (χ4n) is 4.23. The molecule has 1 saturated heterocycles. The van der Waals surface area contributed by atoms with Gasteiger partial charge in [0.1, 0.15) is 6.04 Å². The molecule has 0 radical (unpaired) electrons. The molecule has 0 bridgehead atoms. The average Bonchev–Trinajstić information content (AvgIpc) is 3.31. The van der Waals surface area contributed by atoms with Gasteiger partial charge in [-0.15, -0.1) is 5.06 Å². The molecule has 1 aliphatic heterocycles. The number of methoxy groups -OCH3 is 2. The van der Waals surface area contributed by atoms with Crippen LogP contribution in [0.5, 0.6) is 0 Å². The van der Waals surface area contributed by atoms with Gasteiger partial charge < -0.3 is 43.9 Å². The summed E-state index contributed by atoms with van der Waals surface area (Å²) in [5.74, 6) is -2.25. The van der Waals surface area contributed by atoms with E-state index in [0.29, 0.717) is 50.4 Å². The molecule has 1 atom stereocenters. The zero-order valence-electron chi connectivity index (χ0n) is 31.3. The molecular weight excluding hydrogens is 642 g/mol. The van der Waals surface area contributed by atoms with E-state index in [2.05, 4.69) is 10.6 Å². The van der Waals surface area contributed by atoms with Gasteiger partial charge >= 0.3 is 18.2 Å². The van der Waals surface area contributed by atoms with Crippen molar-refractivity contribution in [2.75, 3.05) is 47.2 Å². The van der Waals surface area contributed by atoms with Gasteiger partial charge in [0.05, 0.1) is 48.8 Å². The second-order valence-electron chi connectivity index (χ2n) is 14.5.